The first-order valence-corrected chi connectivity index (χ1v) is 3.47. The van der Waals surface area contributed by atoms with Gasteiger partial charge in [-0.05, 0) is 20.8 Å². The highest BCUT2D eigenvalue weighted by Crippen LogP contribution is 1.95. The van der Waals surface area contributed by atoms with Crippen LogP contribution in [0.5, 0.6) is 0 Å². The number of hydrogen-bond acceptors (Lipinski definition) is 2. The lowest BCUT2D eigenvalue weighted by molar-refractivity contribution is 0.421. The van der Waals surface area contributed by atoms with Crippen LogP contribution in [0.2, 0.25) is 0 Å². The molecule has 3 N–H and O–H groups in total. The van der Waals surface area contributed by atoms with Crippen molar-refractivity contribution in [1.82, 2.24) is 5.32 Å². The van der Waals surface area contributed by atoms with Gasteiger partial charge in [0.05, 0.1) is 6.54 Å². The number of hydrogen-bond donors (Lipinski definition) is 2. The Kier molecular flexibility index (Phi) is 4.10. The molecule has 0 saturated heterocycles. The van der Waals surface area contributed by atoms with Crippen LogP contribution in [-0.2, 0) is 0 Å². The molecule has 0 aromatic carbocycles. The highest BCUT2D eigenvalue weighted by molar-refractivity contribution is 4.98. The normalized spacial score (nSPS) is 10.4. The first-order valence-electron chi connectivity index (χ1n) is 3.47. The quantitative estimate of drug-likeness (QED) is 0.555. The van der Waals surface area contributed by atoms with Gasteiger partial charge in [0.2, 0.25) is 0 Å². The van der Waals surface area contributed by atoms with Gasteiger partial charge in [-0.2, -0.15) is 0 Å². The van der Waals surface area contributed by atoms with Crippen LogP contribution in [0.15, 0.2) is 0 Å². The summed E-state index contributed by atoms with van der Waals surface area (Å²) in [5.74, 6) is 5.73. The number of nitrogens with two attached hydrogens (primary N) is 1. The standard InChI is InChI=1S/C8H16N2/c1-4-5-6-10-8(2,3)7-9/h10H,6-7,9H2,1-3H3. The fourth-order valence-electron chi connectivity index (χ4n) is 0.444. The van der Waals surface area contributed by atoms with E-state index in [1.54, 1.807) is 0 Å². The second-order valence-corrected chi connectivity index (χ2v) is 2.87. The molecular weight excluding hydrogens is 124 g/mol. The van der Waals surface area contributed by atoms with E-state index >= 15 is 0 Å². The minimum absolute atomic E-state index is 0.0177. The summed E-state index contributed by atoms with van der Waals surface area (Å²) in [6.45, 7) is 7.31. The van der Waals surface area contributed by atoms with Crippen molar-refractivity contribution in [3.05, 3.63) is 0 Å². The zero-order valence-electron chi connectivity index (χ0n) is 6.99. The molecule has 0 aliphatic rings. The molecule has 0 fully saturated rings. The fraction of sp³-hybridized carbons (Fsp3) is 0.750. The summed E-state index contributed by atoms with van der Waals surface area (Å²) in [7, 11) is 0. The molecule has 0 aliphatic carbocycles. The molecule has 0 rings (SSSR count). The van der Waals surface area contributed by atoms with Gasteiger partial charge in [-0.15, -0.1) is 5.92 Å². The Hall–Kier alpha value is -0.520. The zero-order chi connectivity index (χ0) is 8.04. The molecule has 0 aromatic rings. The Bertz CT molecular complexity index is 139. The van der Waals surface area contributed by atoms with Crippen molar-refractivity contribution < 1.29 is 0 Å². The third kappa shape index (κ3) is 4.37. The van der Waals surface area contributed by atoms with Crippen LogP contribution >= 0.6 is 0 Å². The Balaban J connectivity index is 3.53. The lowest BCUT2D eigenvalue weighted by Gasteiger charge is -2.22. The predicted octanol–water partition coefficient (Wildman–Crippen LogP) is 0.337. The van der Waals surface area contributed by atoms with Crippen molar-refractivity contribution in [1.29, 1.82) is 0 Å². The molecule has 0 spiro atoms. The van der Waals surface area contributed by atoms with Gasteiger partial charge >= 0.3 is 0 Å². The van der Waals surface area contributed by atoms with Crippen molar-refractivity contribution in [3.63, 3.8) is 0 Å². The highest BCUT2D eigenvalue weighted by Gasteiger charge is 2.11. The van der Waals surface area contributed by atoms with Gasteiger partial charge in [-0.3, -0.25) is 5.32 Å². The van der Waals surface area contributed by atoms with Crippen LogP contribution in [0, 0.1) is 11.8 Å². The number of nitrogens with one attached hydrogen (secondary N) is 1. The Morgan fingerprint density at radius 1 is 1.50 bits per heavy atom. The minimum atomic E-state index is 0.0177. The maximum atomic E-state index is 5.48. The van der Waals surface area contributed by atoms with Gasteiger partial charge in [0.15, 0.2) is 0 Å². The van der Waals surface area contributed by atoms with Crippen LogP contribution < -0.4 is 11.1 Å². The Morgan fingerprint density at radius 2 is 2.10 bits per heavy atom. The summed E-state index contributed by atoms with van der Waals surface area (Å²) in [4.78, 5) is 0. The summed E-state index contributed by atoms with van der Waals surface area (Å²) in [6, 6.07) is 0. The smallest absolute Gasteiger partial charge is 0.0580 e. The molecule has 2 heteroatoms. The summed E-state index contributed by atoms with van der Waals surface area (Å²) in [6.07, 6.45) is 0. The summed E-state index contributed by atoms with van der Waals surface area (Å²) >= 11 is 0. The molecule has 0 atom stereocenters. The molecule has 0 bridgehead atoms. The Labute approximate surface area is 63.2 Å². The van der Waals surface area contributed by atoms with E-state index in [2.05, 4.69) is 31.0 Å². The van der Waals surface area contributed by atoms with E-state index in [0.717, 1.165) is 6.54 Å². The zero-order valence-corrected chi connectivity index (χ0v) is 6.99. The van der Waals surface area contributed by atoms with E-state index in [1.165, 1.54) is 0 Å². The van der Waals surface area contributed by atoms with Crippen LogP contribution in [0.1, 0.15) is 20.8 Å². The Morgan fingerprint density at radius 3 is 2.50 bits per heavy atom. The molecule has 10 heavy (non-hydrogen) atoms. The molecule has 0 amide bonds. The van der Waals surface area contributed by atoms with Gasteiger partial charge in [-0.25, -0.2) is 0 Å². The number of rotatable bonds is 3. The molecule has 0 saturated carbocycles. The molecular formula is C8H16N2. The van der Waals surface area contributed by atoms with E-state index in [0.29, 0.717) is 6.54 Å². The molecule has 0 heterocycles. The topological polar surface area (TPSA) is 38.0 Å². The molecule has 0 radical (unpaired) electrons. The first kappa shape index (κ1) is 9.48. The largest absolute Gasteiger partial charge is 0.329 e. The van der Waals surface area contributed by atoms with E-state index in [-0.39, 0.29) is 5.54 Å². The van der Waals surface area contributed by atoms with Crippen molar-refractivity contribution in [2.75, 3.05) is 13.1 Å². The highest BCUT2D eigenvalue weighted by atomic mass is 15.0. The lowest BCUT2D eigenvalue weighted by atomic mass is 10.1. The molecule has 0 aromatic heterocycles. The lowest BCUT2D eigenvalue weighted by Crippen LogP contribution is -2.45. The van der Waals surface area contributed by atoms with Gasteiger partial charge in [0, 0.05) is 12.1 Å². The van der Waals surface area contributed by atoms with Gasteiger partial charge in [0.1, 0.15) is 0 Å². The monoisotopic (exact) mass is 140 g/mol. The average molecular weight is 140 g/mol. The summed E-state index contributed by atoms with van der Waals surface area (Å²) in [5, 5.41) is 3.21. The van der Waals surface area contributed by atoms with Crippen molar-refractivity contribution in [3.8, 4) is 11.8 Å². The molecule has 0 aliphatic heterocycles. The second kappa shape index (κ2) is 4.32. The van der Waals surface area contributed by atoms with E-state index in [9.17, 15) is 0 Å². The van der Waals surface area contributed by atoms with Crippen LogP contribution in [0.4, 0.5) is 0 Å². The maximum Gasteiger partial charge on any atom is 0.0580 e. The third-order valence-electron chi connectivity index (χ3n) is 1.34. The van der Waals surface area contributed by atoms with E-state index in [1.807, 2.05) is 6.92 Å². The van der Waals surface area contributed by atoms with Crippen molar-refractivity contribution >= 4 is 0 Å². The van der Waals surface area contributed by atoms with Crippen LogP contribution in [0.3, 0.4) is 0 Å². The SMILES string of the molecule is CC#CCNC(C)(C)CN. The molecule has 58 valence electrons. The van der Waals surface area contributed by atoms with Gasteiger partial charge < -0.3 is 5.73 Å². The maximum absolute atomic E-state index is 5.48. The van der Waals surface area contributed by atoms with Crippen LogP contribution in [0.25, 0.3) is 0 Å². The van der Waals surface area contributed by atoms with Gasteiger partial charge in [0.25, 0.3) is 0 Å². The summed E-state index contributed by atoms with van der Waals surface area (Å²) in [5.41, 5.74) is 5.50. The summed E-state index contributed by atoms with van der Waals surface area (Å²) < 4.78 is 0. The second-order valence-electron chi connectivity index (χ2n) is 2.87. The molecule has 2 nitrogen and oxygen atoms in total. The minimum Gasteiger partial charge on any atom is -0.329 e. The average Bonchev–Trinajstić information content (AvgIpc) is 1.89. The van der Waals surface area contributed by atoms with Crippen molar-refractivity contribution in [2.45, 2.75) is 26.3 Å². The fourth-order valence-corrected chi connectivity index (χ4v) is 0.444. The van der Waals surface area contributed by atoms with Gasteiger partial charge in [-0.1, -0.05) is 5.92 Å². The van der Waals surface area contributed by atoms with E-state index < -0.39 is 0 Å². The molecule has 0 unspecified atom stereocenters. The van der Waals surface area contributed by atoms with E-state index in [4.69, 9.17) is 5.73 Å². The van der Waals surface area contributed by atoms with Crippen molar-refractivity contribution in [2.24, 2.45) is 5.73 Å². The predicted molar refractivity (Wildman–Crippen MR) is 44.6 cm³/mol. The third-order valence-corrected chi connectivity index (χ3v) is 1.34. The first-order chi connectivity index (χ1) is 4.62. The van der Waals surface area contributed by atoms with Crippen LogP contribution in [-0.4, -0.2) is 18.6 Å².